The number of rotatable bonds is 8. The maximum absolute atomic E-state index is 13.4. The molecule has 0 radical (unpaired) electrons. The van der Waals surface area contributed by atoms with Crippen molar-refractivity contribution in [2.45, 2.75) is 50.8 Å². The first-order valence-electron chi connectivity index (χ1n) is 13.2. The summed E-state index contributed by atoms with van der Waals surface area (Å²) >= 11 is 6.46. The minimum Gasteiger partial charge on any atom is -0.488 e. The molecule has 0 saturated carbocycles. The third-order valence-corrected chi connectivity index (χ3v) is 8.25. The second kappa shape index (κ2) is 10.5. The number of halogens is 2. The molecular formula is C27H31ClFN7O3. The van der Waals surface area contributed by atoms with Crippen molar-refractivity contribution in [3.8, 4) is 17.0 Å². The molecule has 4 aromatic heterocycles. The predicted molar refractivity (Wildman–Crippen MR) is 142 cm³/mol. The molecule has 6 heterocycles. The Morgan fingerprint density at radius 1 is 1.21 bits per heavy atom. The van der Waals surface area contributed by atoms with Gasteiger partial charge in [0, 0.05) is 24.8 Å². The summed E-state index contributed by atoms with van der Waals surface area (Å²) in [6, 6.07) is 5.41. The maximum atomic E-state index is 13.4. The Balaban J connectivity index is 1.27. The predicted octanol–water partition coefficient (Wildman–Crippen LogP) is 3.80. The summed E-state index contributed by atoms with van der Waals surface area (Å²) in [7, 11) is 0. The number of likely N-dealkylation sites (tertiary alicyclic amines) is 1. The van der Waals surface area contributed by atoms with Gasteiger partial charge in [-0.05, 0) is 44.4 Å². The Bertz CT molecular complexity index is 1460. The van der Waals surface area contributed by atoms with Crippen LogP contribution in [0.15, 0.2) is 36.8 Å². The fourth-order valence-corrected chi connectivity index (χ4v) is 5.60. The number of nitrogens with zero attached hydrogens (tertiary/aromatic N) is 7. The van der Waals surface area contributed by atoms with Crippen LogP contribution in [0.3, 0.4) is 0 Å². The zero-order valence-corrected chi connectivity index (χ0v) is 22.7. The van der Waals surface area contributed by atoms with E-state index < -0.39 is 11.4 Å². The van der Waals surface area contributed by atoms with E-state index in [9.17, 15) is 9.50 Å². The number of fused-ring (bicyclic) bond motifs is 1. The first-order chi connectivity index (χ1) is 18.9. The van der Waals surface area contributed by atoms with Crippen LogP contribution >= 0.6 is 11.6 Å². The van der Waals surface area contributed by atoms with Crippen molar-refractivity contribution in [1.82, 2.24) is 34.5 Å². The number of ether oxygens (including phenoxy) is 2. The van der Waals surface area contributed by atoms with Crippen LogP contribution in [0.5, 0.6) is 5.75 Å². The van der Waals surface area contributed by atoms with Crippen molar-refractivity contribution in [3.63, 3.8) is 0 Å². The van der Waals surface area contributed by atoms with E-state index in [4.69, 9.17) is 21.1 Å². The van der Waals surface area contributed by atoms with Gasteiger partial charge in [0.25, 0.3) is 0 Å². The van der Waals surface area contributed by atoms with E-state index in [2.05, 4.69) is 25.3 Å². The van der Waals surface area contributed by atoms with Crippen LogP contribution in [0, 0.1) is 12.7 Å². The number of hydrogen-bond donors (Lipinski definition) is 1. The van der Waals surface area contributed by atoms with Crippen LogP contribution in [0.2, 0.25) is 5.02 Å². The van der Waals surface area contributed by atoms with Gasteiger partial charge in [-0.3, -0.25) is 9.88 Å². The fourth-order valence-electron chi connectivity index (χ4n) is 5.38. The normalized spacial score (nSPS) is 18.8. The third kappa shape index (κ3) is 4.88. The van der Waals surface area contributed by atoms with E-state index in [1.54, 1.807) is 10.7 Å². The standard InChI is InChI=1S/C27H31ClFN7O3/c1-3-27(37,24-5-4-19(29)11-30-24)16-39-23-10-18(13-35-26(23)22(28)12-31-35)25-17(2)36(33-32-25)20-6-8-34(9-7-20)21-14-38-15-21/h4-5,10-13,20-21,37H,3,6-9,14-16H2,1-2H3. The molecule has 2 fully saturated rings. The molecule has 1 unspecified atom stereocenters. The molecule has 2 aliphatic heterocycles. The van der Waals surface area contributed by atoms with Gasteiger partial charge in [-0.15, -0.1) is 5.10 Å². The van der Waals surface area contributed by atoms with Gasteiger partial charge < -0.3 is 14.6 Å². The first-order valence-corrected chi connectivity index (χ1v) is 13.6. The van der Waals surface area contributed by atoms with E-state index in [0.29, 0.717) is 34.4 Å². The van der Waals surface area contributed by atoms with Crippen molar-refractivity contribution in [1.29, 1.82) is 0 Å². The number of aromatic nitrogens is 6. The summed E-state index contributed by atoms with van der Waals surface area (Å²) in [6.45, 7) is 7.43. The van der Waals surface area contributed by atoms with Gasteiger partial charge in [0.2, 0.25) is 0 Å². The van der Waals surface area contributed by atoms with Crippen LogP contribution < -0.4 is 4.74 Å². The lowest BCUT2D eigenvalue weighted by Gasteiger charge is -2.41. The van der Waals surface area contributed by atoms with Crippen LogP contribution in [0.25, 0.3) is 16.8 Å². The zero-order chi connectivity index (χ0) is 27.1. The molecule has 12 heteroatoms. The van der Waals surface area contributed by atoms with Crippen molar-refractivity contribution in [2.24, 2.45) is 0 Å². The number of aliphatic hydroxyl groups is 1. The second-order valence-electron chi connectivity index (χ2n) is 10.3. The van der Waals surface area contributed by atoms with Gasteiger partial charge in [0.1, 0.15) is 35.0 Å². The number of hydrogen-bond acceptors (Lipinski definition) is 8. The highest BCUT2D eigenvalue weighted by Gasteiger charge is 2.32. The quantitative estimate of drug-likeness (QED) is 0.350. The van der Waals surface area contributed by atoms with Crippen LogP contribution in [-0.4, -0.2) is 78.6 Å². The van der Waals surface area contributed by atoms with Crippen LogP contribution in [0.4, 0.5) is 4.39 Å². The largest absolute Gasteiger partial charge is 0.488 e. The van der Waals surface area contributed by atoms with Gasteiger partial charge >= 0.3 is 0 Å². The van der Waals surface area contributed by atoms with Crippen LogP contribution in [-0.2, 0) is 10.3 Å². The molecule has 1 atom stereocenters. The molecule has 1 N–H and O–H groups in total. The third-order valence-electron chi connectivity index (χ3n) is 7.97. The molecule has 0 aromatic carbocycles. The van der Waals surface area contributed by atoms with Crippen molar-refractivity contribution < 1.29 is 19.0 Å². The molecule has 2 saturated heterocycles. The summed E-state index contributed by atoms with van der Waals surface area (Å²) in [4.78, 5) is 6.58. The fraction of sp³-hybridized carbons (Fsp3) is 0.481. The molecular weight excluding hydrogens is 525 g/mol. The van der Waals surface area contributed by atoms with Gasteiger partial charge in [-0.2, -0.15) is 5.10 Å². The minimum atomic E-state index is -1.42. The molecule has 0 amide bonds. The van der Waals surface area contributed by atoms with Crippen molar-refractivity contribution in [3.05, 3.63) is 59.0 Å². The van der Waals surface area contributed by atoms with Crippen molar-refractivity contribution in [2.75, 3.05) is 32.9 Å². The lowest BCUT2D eigenvalue weighted by atomic mass is 9.97. The highest BCUT2D eigenvalue weighted by atomic mass is 35.5. The van der Waals surface area contributed by atoms with Crippen molar-refractivity contribution >= 4 is 17.1 Å². The Morgan fingerprint density at radius 2 is 2.00 bits per heavy atom. The Labute approximate surface area is 230 Å². The van der Waals surface area contributed by atoms with E-state index in [1.807, 2.05) is 30.8 Å². The smallest absolute Gasteiger partial charge is 0.147 e. The molecule has 4 aromatic rings. The van der Waals surface area contributed by atoms with Gasteiger partial charge in [0.05, 0.1) is 54.1 Å². The van der Waals surface area contributed by atoms with Gasteiger partial charge in [-0.1, -0.05) is 23.7 Å². The maximum Gasteiger partial charge on any atom is 0.147 e. The van der Waals surface area contributed by atoms with E-state index in [1.165, 1.54) is 12.1 Å². The highest BCUT2D eigenvalue weighted by Crippen LogP contribution is 2.35. The lowest BCUT2D eigenvalue weighted by Crippen LogP contribution is -2.52. The number of pyridine rings is 2. The average Bonchev–Trinajstić information content (AvgIpc) is 3.49. The lowest BCUT2D eigenvalue weighted by molar-refractivity contribution is -0.0735. The number of piperidine rings is 1. The van der Waals surface area contributed by atoms with Gasteiger partial charge in [0.15, 0.2) is 0 Å². The second-order valence-corrected chi connectivity index (χ2v) is 10.7. The molecule has 0 aliphatic carbocycles. The van der Waals surface area contributed by atoms with E-state index >= 15 is 0 Å². The summed E-state index contributed by atoms with van der Waals surface area (Å²) < 4.78 is 28.6. The summed E-state index contributed by atoms with van der Waals surface area (Å²) in [5.74, 6) is -0.0329. The molecule has 206 valence electrons. The summed E-state index contributed by atoms with van der Waals surface area (Å²) in [5.41, 5.74) is 1.94. The average molecular weight is 556 g/mol. The molecule has 0 bridgehead atoms. The van der Waals surface area contributed by atoms with E-state index in [-0.39, 0.29) is 12.6 Å². The first kappa shape index (κ1) is 26.1. The Kier molecular flexibility index (Phi) is 7.00. The monoisotopic (exact) mass is 555 g/mol. The van der Waals surface area contributed by atoms with Gasteiger partial charge in [-0.25, -0.2) is 13.6 Å². The summed E-state index contributed by atoms with van der Waals surface area (Å²) in [5, 5.41) is 25.1. The van der Waals surface area contributed by atoms with E-state index in [0.717, 1.165) is 62.3 Å². The Hall–Kier alpha value is -3.12. The zero-order valence-electron chi connectivity index (χ0n) is 21.9. The SMILES string of the molecule is CCC(O)(COc1cc(-c2nnn(C3CCN(C4COC4)CC3)c2C)cn2ncc(Cl)c12)c1ccc(F)cn1. The minimum absolute atomic E-state index is 0.112. The molecule has 39 heavy (non-hydrogen) atoms. The topological polar surface area (TPSA) is 103 Å². The summed E-state index contributed by atoms with van der Waals surface area (Å²) in [6.07, 6.45) is 6.81. The molecule has 2 aliphatic rings. The molecule has 10 nitrogen and oxygen atoms in total. The molecule has 6 rings (SSSR count). The van der Waals surface area contributed by atoms with Crippen LogP contribution in [0.1, 0.15) is 43.6 Å². The highest BCUT2D eigenvalue weighted by molar-refractivity contribution is 6.34. The molecule has 0 spiro atoms. The Morgan fingerprint density at radius 3 is 2.67 bits per heavy atom.